The van der Waals surface area contributed by atoms with E-state index in [9.17, 15) is 4.79 Å². The third kappa shape index (κ3) is 2.57. The summed E-state index contributed by atoms with van der Waals surface area (Å²) in [4.78, 5) is 14.0. The summed E-state index contributed by atoms with van der Waals surface area (Å²) in [5.41, 5.74) is 0. The van der Waals surface area contributed by atoms with Gasteiger partial charge in [0, 0.05) is 31.6 Å². The molecule has 2 bridgehead atoms. The summed E-state index contributed by atoms with van der Waals surface area (Å²) < 4.78 is 0. The van der Waals surface area contributed by atoms with Crippen molar-refractivity contribution in [3.8, 4) is 0 Å². The van der Waals surface area contributed by atoms with Crippen molar-refractivity contribution in [3.63, 3.8) is 0 Å². The van der Waals surface area contributed by atoms with Crippen LogP contribution in [0.4, 0.5) is 0 Å². The third-order valence-electron chi connectivity index (χ3n) is 3.97. The normalized spacial score (nSPS) is 33.1. The minimum absolute atomic E-state index is 0.321. The molecule has 0 aliphatic carbocycles. The van der Waals surface area contributed by atoms with E-state index in [1.807, 2.05) is 11.9 Å². The fraction of sp³-hybridized carbons (Fsp3) is 0.923. The van der Waals surface area contributed by atoms with Crippen LogP contribution in [0.15, 0.2) is 0 Å². The standard InChI is InChI=1S/C13H24N2O/c1-9(2)6-13(16)15(3)12-7-10-4-5-11(8-12)14-10/h9-12,14H,4-8H2,1-3H3. The second kappa shape index (κ2) is 4.74. The van der Waals surface area contributed by atoms with Crippen molar-refractivity contribution in [3.05, 3.63) is 0 Å². The van der Waals surface area contributed by atoms with Gasteiger partial charge in [0.05, 0.1) is 0 Å². The Morgan fingerprint density at radius 3 is 2.38 bits per heavy atom. The maximum atomic E-state index is 12.0. The number of nitrogens with zero attached hydrogens (tertiary/aromatic N) is 1. The molecular formula is C13H24N2O. The number of amides is 1. The molecule has 1 amide bonds. The summed E-state index contributed by atoms with van der Waals surface area (Å²) in [7, 11) is 1.99. The second-order valence-corrected chi connectivity index (χ2v) is 5.87. The van der Waals surface area contributed by atoms with Crippen molar-refractivity contribution in [2.75, 3.05) is 7.05 Å². The van der Waals surface area contributed by atoms with Gasteiger partial charge >= 0.3 is 0 Å². The van der Waals surface area contributed by atoms with Gasteiger partial charge in [-0.25, -0.2) is 0 Å². The molecule has 2 aliphatic heterocycles. The van der Waals surface area contributed by atoms with Crippen LogP contribution in [-0.4, -0.2) is 36.0 Å². The van der Waals surface area contributed by atoms with Crippen LogP contribution in [0.25, 0.3) is 0 Å². The molecule has 0 spiro atoms. The number of piperidine rings is 1. The SMILES string of the molecule is CC(C)CC(=O)N(C)C1CC2CCC(C1)N2. The number of hydrogen-bond donors (Lipinski definition) is 1. The lowest BCUT2D eigenvalue weighted by atomic mass is 9.97. The van der Waals surface area contributed by atoms with Crippen LogP contribution < -0.4 is 5.32 Å². The van der Waals surface area contributed by atoms with E-state index in [0.29, 0.717) is 36.4 Å². The molecule has 0 aromatic rings. The van der Waals surface area contributed by atoms with Gasteiger partial charge in [-0.05, 0) is 31.6 Å². The number of nitrogens with one attached hydrogen (secondary N) is 1. The lowest BCUT2D eigenvalue weighted by Crippen LogP contribution is -2.48. The molecule has 0 aromatic carbocycles. The quantitative estimate of drug-likeness (QED) is 0.792. The molecule has 3 nitrogen and oxygen atoms in total. The zero-order valence-electron chi connectivity index (χ0n) is 10.7. The Bertz CT molecular complexity index is 253. The highest BCUT2D eigenvalue weighted by Gasteiger charge is 2.36. The lowest BCUT2D eigenvalue weighted by Gasteiger charge is -2.36. The molecule has 3 heteroatoms. The summed E-state index contributed by atoms with van der Waals surface area (Å²) >= 11 is 0. The first kappa shape index (κ1) is 11.9. The van der Waals surface area contributed by atoms with Crippen molar-refractivity contribution in [2.24, 2.45) is 5.92 Å². The average Bonchev–Trinajstić information content (AvgIpc) is 2.55. The Hall–Kier alpha value is -0.570. The molecule has 2 fully saturated rings. The van der Waals surface area contributed by atoms with Gasteiger partial charge in [0.25, 0.3) is 0 Å². The van der Waals surface area contributed by atoms with E-state index >= 15 is 0 Å². The molecule has 1 N–H and O–H groups in total. The van der Waals surface area contributed by atoms with Gasteiger partial charge in [-0.3, -0.25) is 4.79 Å². The van der Waals surface area contributed by atoms with Crippen molar-refractivity contribution in [1.82, 2.24) is 10.2 Å². The van der Waals surface area contributed by atoms with Gasteiger partial charge in [-0.1, -0.05) is 13.8 Å². The zero-order valence-corrected chi connectivity index (χ0v) is 10.7. The zero-order chi connectivity index (χ0) is 11.7. The monoisotopic (exact) mass is 224 g/mol. The van der Waals surface area contributed by atoms with Crippen molar-refractivity contribution in [2.45, 2.75) is 64.1 Å². The number of fused-ring (bicyclic) bond motifs is 2. The molecule has 2 aliphatic rings. The largest absolute Gasteiger partial charge is 0.343 e. The fourth-order valence-electron chi connectivity index (χ4n) is 3.04. The minimum atomic E-state index is 0.321. The Morgan fingerprint density at radius 1 is 1.31 bits per heavy atom. The van der Waals surface area contributed by atoms with Gasteiger partial charge in [0.15, 0.2) is 0 Å². The highest BCUT2D eigenvalue weighted by molar-refractivity contribution is 5.76. The van der Waals surface area contributed by atoms with Gasteiger partial charge in [0.1, 0.15) is 0 Å². The molecule has 2 rings (SSSR count). The first-order valence-electron chi connectivity index (χ1n) is 6.58. The van der Waals surface area contributed by atoms with E-state index in [1.54, 1.807) is 0 Å². The molecule has 16 heavy (non-hydrogen) atoms. The Balaban J connectivity index is 1.89. The first-order valence-corrected chi connectivity index (χ1v) is 6.58. The first-order chi connectivity index (χ1) is 7.56. The minimum Gasteiger partial charge on any atom is -0.343 e. The summed E-state index contributed by atoms with van der Waals surface area (Å²) in [5.74, 6) is 0.787. The maximum Gasteiger partial charge on any atom is 0.222 e. The second-order valence-electron chi connectivity index (χ2n) is 5.87. The van der Waals surface area contributed by atoms with Crippen LogP contribution in [0.3, 0.4) is 0 Å². The van der Waals surface area contributed by atoms with Gasteiger partial charge in [0.2, 0.25) is 5.91 Å². The summed E-state index contributed by atoms with van der Waals surface area (Å²) in [6.07, 6.45) is 5.59. The number of hydrogen-bond acceptors (Lipinski definition) is 2. The van der Waals surface area contributed by atoms with Crippen molar-refractivity contribution >= 4 is 5.91 Å². The van der Waals surface area contributed by atoms with E-state index in [2.05, 4.69) is 19.2 Å². The lowest BCUT2D eigenvalue weighted by molar-refractivity contribution is -0.133. The summed E-state index contributed by atoms with van der Waals surface area (Å²) in [6, 6.07) is 1.81. The highest BCUT2D eigenvalue weighted by Crippen LogP contribution is 2.29. The van der Waals surface area contributed by atoms with E-state index in [1.165, 1.54) is 12.8 Å². The maximum absolute atomic E-state index is 12.0. The summed E-state index contributed by atoms with van der Waals surface area (Å²) in [6.45, 7) is 4.22. The van der Waals surface area contributed by atoms with Crippen LogP contribution in [0, 0.1) is 5.92 Å². The van der Waals surface area contributed by atoms with Crippen LogP contribution in [-0.2, 0) is 4.79 Å². The molecule has 2 heterocycles. The van der Waals surface area contributed by atoms with Crippen LogP contribution in [0.1, 0.15) is 46.0 Å². The third-order valence-corrected chi connectivity index (χ3v) is 3.97. The molecule has 0 radical (unpaired) electrons. The molecule has 0 saturated carbocycles. The predicted molar refractivity (Wildman–Crippen MR) is 65.2 cm³/mol. The average molecular weight is 224 g/mol. The molecule has 2 saturated heterocycles. The van der Waals surface area contributed by atoms with Crippen LogP contribution >= 0.6 is 0 Å². The highest BCUT2D eigenvalue weighted by atomic mass is 16.2. The van der Waals surface area contributed by atoms with E-state index in [-0.39, 0.29) is 0 Å². The summed E-state index contributed by atoms with van der Waals surface area (Å²) in [5, 5.41) is 3.62. The van der Waals surface area contributed by atoms with E-state index in [0.717, 1.165) is 12.8 Å². The molecule has 92 valence electrons. The topological polar surface area (TPSA) is 32.3 Å². The van der Waals surface area contributed by atoms with Gasteiger partial charge in [-0.2, -0.15) is 0 Å². The van der Waals surface area contributed by atoms with E-state index in [4.69, 9.17) is 0 Å². The molecule has 0 aromatic heterocycles. The number of carbonyl (C=O) groups is 1. The smallest absolute Gasteiger partial charge is 0.222 e. The number of rotatable bonds is 3. The van der Waals surface area contributed by atoms with Gasteiger partial charge < -0.3 is 10.2 Å². The van der Waals surface area contributed by atoms with Crippen LogP contribution in [0.5, 0.6) is 0 Å². The fourth-order valence-corrected chi connectivity index (χ4v) is 3.04. The number of carbonyl (C=O) groups excluding carboxylic acids is 1. The predicted octanol–water partition coefficient (Wildman–Crippen LogP) is 1.77. The van der Waals surface area contributed by atoms with Crippen molar-refractivity contribution in [1.29, 1.82) is 0 Å². The molecular weight excluding hydrogens is 200 g/mol. The molecule has 2 atom stereocenters. The van der Waals surface area contributed by atoms with Crippen molar-refractivity contribution < 1.29 is 4.79 Å². The Kier molecular flexibility index (Phi) is 3.53. The van der Waals surface area contributed by atoms with Gasteiger partial charge in [-0.15, -0.1) is 0 Å². The Labute approximate surface area is 98.6 Å². The molecule has 2 unspecified atom stereocenters. The van der Waals surface area contributed by atoms with E-state index < -0.39 is 0 Å². The van der Waals surface area contributed by atoms with Crippen LogP contribution in [0.2, 0.25) is 0 Å². The Morgan fingerprint density at radius 2 is 1.88 bits per heavy atom.